The van der Waals surface area contributed by atoms with Crippen molar-refractivity contribution in [2.75, 3.05) is 26.8 Å². The van der Waals surface area contributed by atoms with E-state index in [2.05, 4.69) is 4.74 Å². The van der Waals surface area contributed by atoms with Crippen LogP contribution in [-0.2, 0) is 9.53 Å². The van der Waals surface area contributed by atoms with E-state index in [0.717, 1.165) is 26.0 Å². The predicted octanol–water partition coefficient (Wildman–Crippen LogP) is 1.88. The fourth-order valence-electron chi connectivity index (χ4n) is 2.11. The van der Waals surface area contributed by atoms with E-state index in [1.165, 1.54) is 4.90 Å². The van der Waals surface area contributed by atoms with E-state index >= 15 is 0 Å². The molecule has 1 aliphatic heterocycles. The Kier molecular flexibility index (Phi) is 5.51. The summed E-state index contributed by atoms with van der Waals surface area (Å²) < 4.78 is 28.1. The number of hydrogen-bond acceptors (Lipinski definition) is 7. The van der Waals surface area contributed by atoms with Crippen molar-refractivity contribution in [2.24, 2.45) is 0 Å². The standard InChI is InChI=1S/C14H15FN2O7/c1-22-13(18)8-23-12-6-9(15)11(7-10(12)17(20)21)24-14(19)16-4-2-3-5-16/h6-7H,2-5,8H2,1H3. The molecule has 130 valence electrons. The topological polar surface area (TPSA) is 108 Å². The number of ether oxygens (including phenoxy) is 3. The van der Waals surface area contributed by atoms with Crippen LogP contribution in [0.5, 0.6) is 11.5 Å². The molecule has 1 heterocycles. The molecule has 10 heteroatoms. The van der Waals surface area contributed by atoms with Gasteiger partial charge in [0.2, 0.25) is 5.75 Å². The van der Waals surface area contributed by atoms with Crippen molar-refractivity contribution in [3.05, 3.63) is 28.1 Å². The molecule has 1 saturated heterocycles. The summed E-state index contributed by atoms with van der Waals surface area (Å²) in [6.45, 7) is 0.357. The Morgan fingerprint density at radius 2 is 1.96 bits per heavy atom. The van der Waals surface area contributed by atoms with E-state index in [0.29, 0.717) is 19.2 Å². The van der Waals surface area contributed by atoms with Crippen LogP contribution in [0, 0.1) is 15.9 Å². The molecule has 0 atom stereocenters. The number of rotatable bonds is 5. The molecule has 0 aliphatic carbocycles. The molecule has 0 spiro atoms. The summed E-state index contributed by atoms with van der Waals surface area (Å²) in [7, 11) is 1.11. The van der Waals surface area contributed by atoms with Gasteiger partial charge in [-0.05, 0) is 12.8 Å². The van der Waals surface area contributed by atoms with Gasteiger partial charge in [0.25, 0.3) is 0 Å². The number of esters is 1. The smallest absolute Gasteiger partial charge is 0.415 e. The molecular formula is C14H15FN2O7. The van der Waals surface area contributed by atoms with Gasteiger partial charge in [-0.15, -0.1) is 0 Å². The van der Waals surface area contributed by atoms with Crippen LogP contribution in [0.15, 0.2) is 12.1 Å². The van der Waals surface area contributed by atoms with Gasteiger partial charge in [-0.1, -0.05) is 0 Å². The average Bonchev–Trinajstić information content (AvgIpc) is 3.08. The first-order valence-corrected chi connectivity index (χ1v) is 7.06. The number of carbonyl (C=O) groups excluding carboxylic acids is 2. The zero-order valence-electron chi connectivity index (χ0n) is 12.8. The number of carbonyl (C=O) groups is 2. The Balaban J connectivity index is 2.20. The van der Waals surface area contributed by atoms with Crippen molar-refractivity contribution in [1.29, 1.82) is 0 Å². The first-order valence-electron chi connectivity index (χ1n) is 7.06. The Morgan fingerprint density at radius 3 is 2.54 bits per heavy atom. The number of nitro groups is 1. The van der Waals surface area contributed by atoms with Gasteiger partial charge in [0.15, 0.2) is 18.2 Å². The molecule has 0 saturated carbocycles. The zero-order valence-corrected chi connectivity index (χ0v) is 12.8. The van der Waals surface area contributed by atoms with Crippen LogP contribution in [0.3, 0.4) is 0 Å². The van der Waals surface area contributed by atoms with Gasteiger partial charge in [-0.25, -0.2) is 14.0 Å². The molecule has 1 amide bonds. The maximum absolute atomic E-state index is 14.0. The highest BCUT2D eigenvalue weighted by Crippen LogP contribution is 2.34. The Labute approximate surface area is 136 Å². The first kappa shape index (κ1) is 17.4. The average molecular weight is 342 g/mol. The second-order valence-electron chi connectivity index (χ2n) is 4.93. The van der Waals surface area contributed by atoms with Crippen molar-refractivity contribution in [2.45, 2.75) is 12.8 Å². The third kappa shape index (κ3) is 4.09. The van der Waals surface area contributed by atoms with Gasteiger partial charge >= 0.3 is 17.7 Å². The van der Waals surface area contributed by atoms with Crippen molar-refractivity contribution in [3.8, 4) is 11.5 Å². The largest absolute Gasteiger partial charge is 0.475 e. The normalized spacial score (nSPS) is 13.5. The van der Waals surface area contributed by atoms with Crippen LogP contribution in [0.4, 0.5) is 14.9 Å². The van der Waals surface area contributed by atoms with Crippen molar-refractivity contribution < 1.29 is 33.1 Å². The highest BCUT2D eigenvalue weighted by Gasteiger charge is 2.25. The molecular weight excluding hydrogens is 327 g/mol. The number of nitrogens with zero attached hydrogens (tertiary/aromatic N) is 2. The summed E-state index contributed by atoms with van der Waals surface area (Å²) in [4.78, 5) is 34.5. The highest BCUT2D eigenvalue weighted by molar-refractivity contribution is 5.72. The highest BCUT2D eigenvalue weighted by atomic mass is 19.1. The second kappa shape index (κ2) is 7.57. The van der Waals surface area contributed by atoms with E-state index in [1.807, 2.05) is 0 Å². The minimum absolute atomic E-state index is 0.469. The van der Waals surface area contributed by atoms with Crippen LogP contribution in [0.1, 0.15) is 12.8 Å². The van der Waals surface area contributed by atoms with E-state index in [9.17, 15) is 24.1 Å². The minimum Gasteiger partial charge on any atom is -0.475 e. The summed E-state index contributed by atoms with van der Waals surface area (Å²) in [6.07, 6.45) is 0.861. The molecule has 0 radical (unpaired) electrons. The molecule has 1 fully saturated rings. The lowest BCUT2D eigenvalue weighted by Gasteiger charge is -2.15. The third-order valence-corrected chi connectivity index (χ3v) is 3.34. The van der Waals surface area contributed by atoms with E-state index < -0.39 is 46.6 Å². The minimum atomic E-state index is -1.02. The van der Waals surface area contributed by atoms with Crippen LogP contribution in [-0.4, -0.2) is 48.7 Å². The Bertz CT molecular complexity index is 659. The van der Waals surface area contributed by atoms with E-state index in [4.69, 9.17) is 9.47 Å². The molecule has 0 unspecified atom stereocenters. The molecule has 0 bridgehead atoms. The van der Waals surface area contributed by atoms with Gasteiger partial charge in [0, 0.05) is 19.2 Å². The SMILES string of the molecule is COC(=O)COc1cc(F)c(OC(=O)N2CCCC2)cc1[N+](=O)[O-]. The summed E-state index contributed by atoms with van der Waals surface area (Å²) in [6, 6.07) is 1.43. The number of nitro benzene ring substituents is 1. The third-order valence-electron chi connectivity index (χ3n) is 3.34. The van der Waals surface area contributed by atoms with Crippen molar-refractivity contribution >= 4 is 17.7 Å². The number of likely N-dealkylation sites (tertiary alicyclic amines) is 1. The molecule has 1 aromatic carbocycles. The maximum atomic E-state index is 14.0. The van der Waals surface area contributed by atoms with E-state index in [-0.39, 0.29) is 0 Å². The number of hydrogen-bond donors (Lipinski definition) is 0. The molecule has 24 heavy (non-hydrogen) atoms. The predicted molar refractivity (Wildman–Crippen MR) is 77.4 cm³/mol. The van der Waals surface area contributed by atoms with Gasteiger partial charge in [0.05, 0.1) is 18.1 Å². The summed E-state index contributed by atoms with van der Waals surface area (Å²) in [5.74, 6) is -2.85. The summed E-state index contributed by atoms with van der Waals surface area (Å²) in [5.41, 5.74) is -0.635. The van der Waals surface area contributed by atoms with Gasteiger partial charge < -0.3 is 19.1 Å². The number of amides is 1. The quantitative estimate of drug-likeness (QED) is 0.456. The van der Waals surface area contributed by atoms with Crippen molar-refractivity contribution in [1.82, 2.24) is 4.90 Å². The molecule has 0 N–H and O–H groups in total. The van der Waals surface area contributed by atoms with Crippen LogP contribution < -0.4 is 9.47 Å². The summed E-state index contributed by atoms with van der Waals surface area (Å²) >= 11 is 0. The second-order valence-corrected chi connectivity index (χ2v) is 4.93. The van der Waals surface area contributed by atoms with Gasteiger partial charge in [0.1, 0.15) is 0 Å². The lowest BCUT2D eigenvalue weighted by atomic mass is 10.2. The maximum Gasteiger partial charge on any atom is 0.415 e. The number of halogens is 1. The van der Waals surface area contributed by atoms with Crippen LogP contribution in [0.2, 0.25) is 0 Å². The fourth-order valence-corrected chi connectivity index (χ4v) is 2.11. The van der Waals surface area contributed by atoms with Crippen molar-refractivity contribution in [3.63, 3.8) is 0 Å². The summed E-state index contributed by atoms with van der Waals surface area (Å²) in [5, 5.41) is 11.1. The lowest BCUT2D eigenvalue weighted by molar-refractivity contribution is -0.385. The molecule has 1 aliphatic rings. The van der Waals surface area contributed by atoms with Gasteiger partial charge in [-0.3, -0.25) is 10.1 Å². The van der Waals surface area contributed by atoms with Crippen LogP contribution >= 0.6 is 0 Å². The first-order chi connectivity index (χ1) is 11.4. The zero-order chi connectivity index (χ0) is 17.7. The fraction of sp³-hybridized carbons (Fsp3) is 0.429. The van der Waals surface area contributed by atoms with Crippen LogP contribution in [0.25, 0.3) is 0 Å². The monoisotopic (exact) mass is 342 g/mol. The Morgan fingerprint density at radius 1 is 1.29 bits per heavy atom. The molecule has 2 rings (SSSR count). The molecule has 9 nitrogen and oxygen atoms in total. The molecule has 1 aromatic rings. The van der Waals surface area contributed by atoms with Gasteiger partial charge in [-0.2, -0.15) is 0 Å². The number of methoxy groups -OCH3 is 1. The Hall–Kier alpha value is -2.91. The number of benzene rings is 1. The lowest BCUT2D eigenvalue weighted by Crippen LogP contribution is -2.30. The molecule has 0 aromatic heterocycles. The van der Waals surface area contributed by atoms with E-state index in [1.54, 1.807) is 0 Å².